The van der Waals surface area contributed by atoms with E-state index in [2.05, 4.69) is 10.6 Å². The van der Waals surface area contributed by atoms with E-state index in [1.807, 2.05) is 18.4 Å². The Morgan fingerprint density at radius 2 is 1.95 bits per heavy atom. The molecule has 0 aliphatic rings. The van der Waals surface area contributed by atoms with Crippen LogP contribution in [-0.2, 0) is 16.1 Å². The lowest BCUT2D eigenvalue weighted by Gasteiger charge is -2.06. The number of imide groups is 1. The van der Waals surface area contributed by atoms with Crippen LogP contribution in [0, 0.1) is 6.92 Å². The molecule has 1 aromatic rings. The van der Waals surface area contributed by atoms with Crippen LogP contribution in [0.25, 0.3) is 0 Å². The monoisotopic (exact) mass is 298 g/mol. The summed E-state index contributed by atoms with van der Waals surface area (Å²) in [6, 6.07) is 1.44. The molecule has 3 amide bonds. The quantitative estimate of drug-likeness (QED) is 0.671. The van der Waals surface area contributed by atoms with Crippen LogP contribution in [0.4, 0.5) is 4.79 Å². The van der Waals surface area contributed by atoms with Crippen LogP contribution in [-0.4, -0.2) is 23.0 Å². The van der Waals surface area contributed by atoms with Gasteiger partial charge in [-0.25, -0.2) is 4.79 Å². The summed E-state index contributed by atoms with van der Waals surface area (Å²) in [4.78, 5) is 34.2. The van der Waals surface area contributed by atoms with Crippen molar-refractivity contribution < 1.29 is 19.5 Å². The minimum atomic E-state index is -0.880. The zero-order valence-corrected chi connectivity index (χ0v) is 12.1. The van der Waals surface area contributed by atoms with Crippen molar-refractivity contribution >= 4 is 29.2 Å². The van der Waals surface area contributed by atoms with E-state index in [4.69, 9.17) is 5.11 Å². The first-order valence-electron chi connectivity index (χ1n) is 6.31. The molecule has 0 radical (unpaired) electrons. The third-order valence-corrected chi connectivity index (χ3v) is 3.70. The maximum Gasteiger partial charge on any atom is 0.321 e. The number of urea groups is 1. The molecule has 0 saturated heterocycles. The molecule has 7 heteroatoms. The van der Waals surface area contributed by atoms with E-state index >= 15 is 0 Å². The number of hydrogen-bond acceptors (Lipinski definition) is 4. The highest BCUT2D eigenvalue weighted by atomic mass is 32.1. The average Bonchev–Trinajstić information content (AvgIpc) is 2.77. The number of nitrogens with one attached hydrogen (secondary N) is 2. The Balaban J connectivity index is 2.16. The molecule has 1 heterocycles. The van der Waals surface area contributed by atoms with Gasteiger partial charge in [0.15, 0.2) is 0 Å². The number of carbonyl (C=O) groups is 3. The van der Waals surface area contributed by atoms with Gasteiger partial charge < -0.3 is 10.4 Å². The topological polar surface area (TPSA) is 95.5 Å². The van der Waals surface area contributed by atoms with Crippen molar-refractivity contribution in [1.82, 2.24) is 10.6 Å². The van der Waals surface area contributed by atoms with Crippen LogP contribution in [0.2, 0.25) is 0 Å². The lowest BCUT2D eigenvalue weighted by Crippen LogP contribution is -2.38. The van der Waals surface area contributed by atoms with E-state index in [0.717, 1.165) is 10.4 Å². The third-order valence-electron chi connectivity index (χ3n) is 2.68. The lowest BCUT2D eigenvalue weighted by molar-refractivity contribution is -0.137. The van der Waals surface area contributed by atoms with Crippen LogP contribution < -0.4 is 10.6 Å². The Hall–Kier alpha value is -1.89. The van der Waals surface area contributed by atoms with E-state index < -0.39 is 17.9 Å². The molecule has 6 nitrogen and oxygen atoms in total. The molecule has 0 aromatic carbocycles. The number of carboxylic acids is 1. The summed E-state index contributed by atoms with van der Waals surface area (Å²) >= 11 is 1.55. The Labute approximate surface area is 121 Å². The van der Waals surface area contributed by atoms with Gasteiger partial charge in [0.1, 0.15) is 0 Å². The molecule has 3 N–H and O–H groups in total. The van der Waals surface area contributed by atoms with Gasteiger partial charge in [0.2, 0.25) is 5.91 Å². The summed E-state index contributed by atoms with van der Waals surface area (Å²) in [5, 5.41) is 15.2. The zero-order valence-electron chi connectivity index (χ0n) is 11.3. The fraction of sp³-hybridized carbons (Fsp3) is 0.462. The van der Waals surface area contributed by atoms with Gasteiger partial charge in [0, 0.05) is 17.7 Å². The molecular formula is C13H18N2O4S. The summed E-state index contributed by atoms with van der Waals surface area (Å²) in [5.74, 6) is -1.27. The van der Waals surface area contributed by atoms with Crippen molar-refractivity contribution in [2.45, 2.75) is 39.2 Å². The van der Waals surface area contributed by atoms with Crippen molar-refractivity contribution in [3.63, 3.8) is 0 Å². The number of thiophene rings is 1. The maximum absolute atomic E-state index is 11.5. The zero-order chi connectivity index (χ0) is 15.0. The number of amides is 3. The normalized spacial score (nSPS) is 10.1. The van der Waals surface area contributed by atoms with Gasteiger partial charge in [-0.05, 0) is 36.8 Å². The average molecular weight is 298 g/mol. The van der Waals surface area contributed by atoms with Gasteiger partial charge in [-0.2, -0.15) is 0 Å². The second-order valence-electron chi connectivity index (χ2n) is 4.36. The molecule has 0 atom stereocenters. The van der Waals surface area contributed by atoms with Gasteiger partial charge in [0.25, 0.3) is 0 Å². The second-order valence-corrected chi connectivity index (χ2v) is 5.36. The summed E-state index contributed by atoms with van der Waals surface area (Å²) in [5.41, 5.74) is 1.11. The van der Waals surface area contributed by atoms with Crippen molar-refractivity contribution in [2.75, 3.05) is 0 Å². The molecule has 1 rings (SSSR count). The van der Waals surface area contributed by atoms with Crippen LogP contribution in [0.1, 0.15) is 36.1 Å². The molecule has 0 aliphatic heterocycles. The van der Waals surface area contributed by atoms with Gasteiger partial charge >= 0.3 is 12.0 Å². The molecule has 20 heavy (non-hydrogen) atoms. The molecule has 0 fully saturated rings. The molecular weight excluding hydrogens is 280 g/mol. The Bertz CT molecular complexity index is 484. The van der Waals surface area contributed by atoms with E-state index in [-0.39, 0.29) is 12.8 Å². The van der Waals surface area contributed by atoms with Crippen LogP contribution >= 0.6 is 11.3 Å². The second kappa shape index (κ2) is 8.31. The van der Waals surface area contributed by atoms with Crippen molar-refractivity contribution in [3.05, 3.63) is 21.9 Å². The predicted molar refractivity (Wildman–Crippen MR) is 75.5 cm³/mol. The first kappa shape index (κ1) is 16.2. The number of aliphatic carboxylic acids is 1. The highest BCUT2D eigenvalue weighted by Gasteiger charge is 2.08. The van der Waals surface area contributed by atoms with Crippen LogP contribution in [0.5, 0.6) is 0 Å². The molecule has 110 valence electrons. The summed E-state index contributed by atoms with van der Waals surface area (Å²) in [6.07, 6.45) is 1.07. The van der Waals surface area contributed by atoms with Gasteiger partial charge in [-0.1, -0.05) is 0 Å². The van der Waals surface area contributed by atoms with Gasteiger partial charge in [-0.3, -0.25) is 14.9 Å². The number of carbonyl (C=O) groups excluding carboxylic acids is 2. The highest BCUT2D eigenvalue weighted by molar-refractivity contribution is 7.10. The van der Waals surface area contributed by atoms with Gasteiger partial charge in [-0.15, -0.1) is 11.3 Å². The number of aryl methyl sites for hydroxylation is 1. The molecule has 0 unspecified atom stereocenters. The smallest absolute Gasteiger partial charge is 0.321 e. The SMILES string of the molecule is Cc1ccsc1CNC(=O)NC(=O)CCCCC(=O)O. The van der Waals surface area contributed by atoms with Crippen molar-refractivity contribution in [2.24, 2.45) is 0 Å². The summed E-state index contributed by atoms with van der Waals surface area (Å²) < 4.78 is 0. The maximum atomic E-state index is 11.5. The van der Waals surface area contributed by atoms with E-state index in [1.54, 1.807) is 11.3 Å². The first-order valence-corrected chi connectivity index (χ1v) is 7.19. The summed E-state index contributed by atoms with van der Waals surface area (Å²) in [7, 11) is 0. The summed E-state index contributed by atoms with van der Waals surface area (Å²) in [6.45, 7) is 2.35. The minimum absolute atomic E-state index is 0.0388. The number of hydrogen-bond donors (Lipinski definition) is 3. The Kier molecular flexibility index (Phi) is 6.72. The first-order chi connectivity index (χ1) is 9.49. The van der Waals surface area contributed by atoms with E-state index in [9.17, 15) is 14.4 Å². The lowest BCUT2D eigenvalue weighted by atomic mass is 10.2. The van der Waals surface area contributed by atoms with Crippen LogP contribution in [0.15, 0.2) is 11.4 Å². The Morgan fingerprint density at radius 1 is 1.25 bits per heavy atom. The standard InChI is InChI=1S/C13H18N2O4S/c1-9-6-7-20-10(9)8-14-13(19)15-11(16)4-2-3-5-12(17)18/h6-7H,2-5,8H2,1H3,(H,17,18)(H2,14,15,16,19). The molecule has 0 aliphatic carbocycles. The minimum Gasteiger partial charge on any atom is -0.481 e. The molecule has 0 spiro atoms. The van der Waals surface area contributed by atoms with E-state index in [1.165, 1.54) is 0 Å². The van der Waals surface area contributed by atoms with Crippen LogP contribution in [0.3, 0.4) is 0 Å². The highest BCUT2D eigenvalue weighted by Crippen LogP contribution is 2.14. The molecule has 0 bridgehead atoms. The van der Waals surface area contributed by atoms with Crippen molar-refractivity contribution in [3.8, 4) is 0 Å². The number of carboxylic acid groups (broad SMARTS) is 1. The number of rotatable bonds is 7. The Morgan fingerprint density at radius 3 is 2.55 bits per heavy atom. The predicted octanol–water partition coefficient (Wildman–Crippen LogP) is 2.03. The fourth-order valence-corrected chi connectivity index (χ4v) is 2.39. The van der Waals surface area contributed by atoms with Gasteiger partial charge in [0.05, 0.1) is 6.54 Å². The largest absolute Gasteiger partial charge is 0.481 e. The molecule has 0 saturated carbocycles. The van der Waals surface area contributed by atoms with E-state index in [0.29, 0.717) is 19.4 Å². The molecule has 1 aromatic heterocycles. The third kappa shape index (κ3) is 6.33. The fourth-order valence-electron chi connectivity index (χ4n) is 1.54. The number of unbranched alkanes of at least 4 members (excludes halogenated alkanes) is 1. The van der Waals surface area contributed by atoms with Crippen molar-refractivity contribution in [1.29, 1.82) is 0 Å².